The number of rotatable bonds is 7. The highest BCUT2D eigenvalue weighted by Crippen LogP contribution is 2.25. The van der Waals surface area contributed by atoms with Crippen LogP contribution in [0.2, 0.25) is 0 Å². The van der Waals surface area contributed by atoms with Gasteiger partial charge in [-0.3, -0.25) is 9.59 Å². The summed E-state index contributed by atoms with van der Waals surface area (Å²) in [6, 6.07) is 11.3. The molecule has 2 aromatic carbocycles. The van der Waals surface area contributed by atoms with E-state index in [0.717, 1.165) is 0 Å². The number of hydrogen-bond donors (Lipinski definition) is 2. The van der Waals surface area contributed by atoms with E-state index in [2.05, 4.69) is 10.6 Å². The van der Waals surface area contributed by atoms with Gasteiger partial charge in [-0.1, -0.05) is 0 Å². The number of benzene rings is 2. The lowest BCUT2D eigenvalue weighted by molar-refractivity contribution is -0.128. The predicted molar refractivity (Wildman–Crippen MR) is 113 cm³/mol. The second-order valence-electron chi connectivity index (χ2n) is 7.15. The smallest absolute Gasteiger partial charge is 0.243 e. The van der Waals surface area contributed by atoms with Gasteiger partial charge in [-0.05, 0) is 61.4 Å². The molecule has 0 aliphatic carbocycles. The Labute approximate surface area is 180 Å². The molecule has 1 heterocycles. The summed E-state index contributed by atoms with van der Waals surface area (Å²) < 4.78 is 45.1. The van der Waals surface area contributed by atoms with Crippen molar-refractivity contribution in [1.82, 2.24) is 9.62 Å². The Bertz CT molecular complexity index is 1030. The number of amides is 2. The van der Waals surface area contributed by atoms with Crippen molar-refractivity contribution in [2.75, 3.05) is 32.1 Å². The Morgan fingerprint density at radius 1 is 1.13 bits per heavy atom. The van der Waals surface area contributed by atoms with Gasteiger partial charge in [-0.2, -0.15) is 4.31 Å². The topological polar surface area (TPSA) is 105 Å². The minimum Gasteiger partial charge on any atom is -0.497 e. The first-order valence-electron chi connectivity index (χ1n) is 9.77. The third-order valence-electron chi connectivity index (χ3n) is 5.00. The molecule has 0 bridgehead atoms. The van der Waals surface area contributed by atoms with E-state index in [1.165, 1.54) is 47.8 Å². The van der Waals surface area contributed by atoms with Crippen molar-refractivity contribution in [3.05, 3.63) is 54.3 Å². The van der Waals surface area contributed by atoms with E-state index in [1.807, 2.05) is 0 Å². The second-order valence-corrected chi connectivity index (χ2v) is 9.09. The lowest BCUT2D eigenvalue weighted by atomic mass is 9.99. The third kappa shape index (κ3) is 5.80. The highest BCUT2D eigenvalue weighted by atomic mass is 32.2. The van der Waals surface area contributed by atoms with Crippen LogP contribution < -0.4 is 15.4 Å². The van der Waals surface area contributed by atoms with Gasteiger partial charge in [0.1, 0.15) is 11.6 Å². The number of nitrogens with one attached hydrogen (secondary N) is 2. The van der Waals surface area contributed by atoms with E-state index in [-0.39, 0.29) is 23.9 Å². The van der Waals surface area contributed by atoms with Gasteiger partial charge in [0.05, 0.1) is 24.5 Å². The van der Waals surface area contributed by atoms with Crippen molar-refractivity contribution in [3.8, 4) is 5.75 Å². The zero-order valence-electron chi connectivity index (χ0n) is 17.0. The van der Waals surface area contributed by atoms with E-state index in [1.54, 1.807) is 12.1 Å². The molecule has 1 atom stereocenters. The van der Waals surface area contributed by atoms with Crippen LogP contribution in [0.3, 0.4) is 0 Å². The summed E-state index contributed by atoms with van der Waals surface area (Å²) in [7, 11) is -2.24. The number of ether oxygens (including phenoxy) is 1. The average Bonchev–Trinajstić information content (AvgIpc) is 2.79. The molecule has 2 amide bonds. The van der Waals surface area contributed by atoms with Crippen LogP contribution in [0.5, 0.6) is 5.75 Å². The maximum atomic E-state index is 12.9. The van der Waals surface area contributed by atoms with Gasteiger partial charge in [-0.15, -0.1) is 0 Å². The number of methoxy groups -OCH3 is 1. The van der Waals surface area contributed by atoms with Crippen molar-refractivity contribution in [2.24, 2.45) is 5.92 Å². The van der Waals surface area contributed by atoms with Crippen molar-refractivity contribution in [3.63, 3.8) is 0 Å². The SMILES string of the molecule is COc1ccc(S(=O)(=O)N2CCCC(C(=O)NCC(=O)Nc3ccc(F)cc3)C2)cc1. The molecule has 1 saturated heterocycles. The van der Waals surface area contributed by atoms with Crippen LogP contribution in [0.25, 0.3) is 0 Å². The molecule has 0 aromatic heterocycles. The lowest BCUT2D eigenvalue weighted by Gasteiger charge is -2.31. The van der Waals surface area contributed by atoms with Gasteiger partial charge in [0.25, 0.3) is 0 Å². The van der Waals surface area contributed by atoms with Crippen LogP contribution in [0.15, 0.2) is 53.4 Å². The Morgan fingerprint density at radius 3 is 2.45 bits per heavy atom. The molecule has 2 aromatic rings. The van der Waals surface area contributed by atoms with Crippen LogP contribution in [0.4, 0.5) is 10.1 Å². The average molecular weight is 450 g/mol. The van der Waals surface area contributed by atoms with Crippen molar-refractivity contribution in [2.45, 2.75) is 17.7 Å². The molecule has 1 aliphatic rings. The fourth-order valence-corrected chi connectivity index (χ4v) is 4.85. The molecule has 1 aliphatic heterocycles. The molecule has 0 radical (unpaired) electrons. The first kappa shape index (κ1) is 22.7. The number of hydrogen-bond acceptors (Lipinski definition) is 5. The van der Waals surface area contributed by atoms with Crippen molar-refractivity contribution < 1.29 is 27.1 Å². The van der Waals surface area contributed by atoms with Crippen molar-refractivity contribution >= 4 is 27.5 Å². The number of piperidine rings is 1. The number of anilines is 1. The number of sulfonamides is 1. The van der Waals surface area contributed by atoms with Gasteiger partial charge < -0.3 is 15.4 Å². The van der Waals surface area contributed by atoms with Crippen molar-refractivity contribution in [1.29, 1.82) is 0 Å². The number of nitrogens with zero attached hydrogens (tertiary/aromatic N) is 1. The summed E-state index contributed by atoms with van der Waals surface area (Å²) in [5.74, 6) is -1.27. The molecule has 166 valence electrons. The van der Waals surface area contributed by atoms with Crippen LogP contribution >= 0.6 is 0 Å². The number of halogens is 1. The Kier molecular flexibility index (Phi) is 7.24. The maximum absolute atomic E-state index is 12.9. The molecule has 1 fully saturated rings. The predicted octanol–water partition coefficient (Wildman–Crippen LogP) is 1.99. The van der Waals surface area contributed by atoms with E-state index < -0.39 is 27.7 Å². The first-order chi connectivity index (χ1) is 14.8. The highest BCUT2D eigenvalue weighted by Gasteiger charge is 2.33. The largest absolute Gasteiger partial charge is 0.497 e. The summed E-state index contributed by atoms with van der Waals surface area (Å²) in [5, 5.41) is 5.10. The molecule has 0 spiro atoms. The fourth-order valence-electron chi connectivity index (χ4n) is 3.32. The quantitative estimate of drug-likeness (QED) is 0.673. The highest BCUT2D eigenvalue weighted by molar-refractivity contribution is 7.89. The summed E-state index contributed by atoms with van der Waals surface area (Å²) >= 11 is 0. The van der Waals surface area contributed by atoms with Gasteiger partial charge in [-0.25, -0.2) is 12.8 Å². The first-order valence-corrected chi connectivity index (χ1v) is 11.2. The molecule has 10 heteroatoms. The number of carbonyl (C=O) groups is 2. The molecular formula is C21H24FN3O5S. The normalized spacial score (nSPS) is 17.0. The monoisotopic (exact) mass is 449 g/mol. The summed E-state index contributed by atoms with van der Waals surface area (Å²) in [4.78, 5) is 24.7. The minimum absolute atomic E-state index is 0.0414. The fraction of sp³-hybridized carbons (Fsp3) is 0.333. The molecule has 0 saturated carbocycles. The van der Waals surface area contributed by atoms with Gasteiger partial charge in [0, 0.05) is 18.8 Å². The molecule has 2 N–H and O–H groups in total. The maximum Gasteiger partial charge on any atom is 0.243 e. The van der Waals surface area contributed by atoms with Crippen LogP contribution in [0, 0.1) is 11.7 Å². The second kappa shape index (κ2) is 9.88. The standard InChI is InChI=1S/C21H24FN3O5S/c1-30-18-8-10-19(11-9-18)31(28,29)25-12-2-3-15(14-25)21(27)23-13-20(26)24-17-6-4-16(22)5-7-17/h4-11,15H,2-3,12-14H2,1H3,(H,23,27)(H,24,26). The molecule has 8 nitrogen and oxygen atoms in total. The Balaban J connectivity index is 1.55. The lowest BCUT2D eigenvalue weighted by Crippen LogP contribution is -2.46. The van der Waals surface area contributed by atoms with E-state index in [0.29, 0.717) is 30.8 Å². The summed E-state index contributed by atoms with van der Waals surface area (Å²) in [5.41, 5.74) is 0.412. The van der Waals surface area contributed by atoms with Gasteiger partial charge in [0.2, 0.25) is 21.8 Å². The Hall–Kier alpha value is -2.98. The molecule has 3 rings (SSSR count). The molecular weight excluding hydrogens is 425 g/mol. The third-order valence-corrected chi connectivity index (χ3v) is 6.88. The Morgan fingerprint density at radius 2 is 1.81 bits per heavy atom. The van der Waals surface area contributed by atoms with Crippen LogP contribution in [0.1, 0.15) is 12.8 Å². The van der Waals surface area contributed by atoms with E-state index in [4.69, 9.17) is 4.74 Å². The van der Waals surface area contributed by atoms with Crippen LogP contribution in [-0.2, 0) is 19.6 Å². The molecule has 31 heavy (non-hydrogen) atoms. The minimum atomic E-state index is -3.74. The number of carbonyl (C=O) groups excluding carboxylic acids is 2. The van der Waals surface area contributed by atoms with Gasteiger partial charge >= 0.3 is 0 Å². The van der Waals surface area contributed by atoms with Gasteiger partial charge in [0.15, 0.2) is 0 Å². The molecule has 1 unspecified atom stereocenters. The van der Waals surface area contributed by atoms with E-state index in [9.17, 15) is 22.4 Å². The summed E-state index contributed by atoms with van der Waals surface area (Å²) in [6.07, 6.45) is 1.06. The zero-order chi connectivity index (χ0) is 22.4. The summed E-state index contributed by atoms with van der Waals surface area (Å²) in [6.45, 7) is 0.0981. The van der Waals surface area contributed by atoms with E-state index >= 15 is 0 Å². The zero-order valence-corrected chi connectivity index (χ0v) is 17.8. The van der Waals surface area contributed by atoms with Crippen LogP contribution in [-0.4, -0.2) is 51.3 Å².